The van der Waals surface area contributed by atoms with Crippen LogP contribution in [0.25, 0.3) is 10.8 Å². The highest BCUT2D eigenvalue weighted by Gasteiger charge is 2.21. The van der Waals surface area contributed by atoms with Gasteiger partial charge in [0.1, 0.15) is 5.02 Å². The molecular formula is C13H7Cl3N4O3S. The number of rotatable bonds is 4. The van der Waals surface area contributed by atoms with Crippen molar-refractivity contribution in [2.45, 2.75) is 6.61 Å². The van der Waals surface area contributed by atoms with Gasteiger partial charge in [-0.25, -0.2) is 9.78 Å². The van der Waals surface area contributed by atoms with Crippen molar-refractivity contribution in [2.75, 3.05) is 5.73 Å². The maximum absolute atomic E-state index is 12.1. The average molecular weight is 406 g/mol. The van der Waals surface area contributed by atoms with E-state index in [4.69, 9.17) is 49.7 Å². The second kappa shape index (κ2) is 6.94. The monoisotopic (exact) mass is 404 g/mol. The Hall–Kier alpha value is -1.87. The molecule has 3 heterocycles. The summed E-state index contributed by atoms with van der Waals surface area (Å²) in [7, 11) is 0. The number of nitrogens with two attached hydrogens (primary N) is 1. The smallest absolute Gasteiger partial charge is 0.359 e. The number of halogens is 3. The molecule has 0 radical (unpaired) electrons. The highest BCUT2D eigenvalue weighted by Crippen LogP contribution is 2.34. The summed E-state index contributed by atoms with van der Waals surface area (Å²) in [5, 5.41) is 9.22. The Morgan fingerprint density at radius 2 is 2.08 bits per heavy atom. The number of aromatic nitrogens is 3. The molecule has 3 aromatic rings. The first-order valence-corrected chi connectivity index (χ1v) is 8.32. The summed E-state index contributed by atoms with van der Waals surface area (Å²) < 4.78 is 10.4. The number of carbonyl (C=O) groups excluding carboxylic acids is 1. The van der Waals surface area contributed by atoms with Crippen molar-refractivity contribution in [1.82, 2.24) is 15.2 Å². The molecule has 0 atom stereocenters. The van der Waals surface area contributed by atoms with Crippen LogP contribution in [0.4, 0.5) is 5.69 Å². The summed E-state index contributed by atoms with van der Waals surface area (Å²) in [6, 6.07) is 3.68. The molecule has 24 heavy (non-hydrogen) atoms. The quantitative estimate of drug-likeness (QED) is 0.515. The van der Waals surface area contributed by atoms with Crippen LogP contribution in [-0.4, -0.2) is 21.2 Å². The highest BCUT2D eigenvalue weighted by atomic mass is 35.5. The molecule has 3 aromatic heterocycles. The number of thiophene rings is 1. The number of nitrogens with zero attached hydrogens (tertiary/aromatic N) is 3. The summed E-state index contributed by atoms with van der Waals surface area (Å²) in [4.78, 5) is 16.7. The third kappa shape index (κ3) is 3.32. The maximum Gasteiger partial charge on any atom is 0.359 e. The lowest BCUT2D eigenvalue weighted by Gasteiger charge is -2.08. The predicted molar refractivity (Wildman–Crippen MR) is 90.4 cm³/mol. The Morgan fingerprint density at radius 1 is 1.29 bits per heavy atom. The van der Waals surface area contributed by atoms with Crippen LogP contribution in [0.5, 0.6) is 0 Å². The van der Waals surface area contributed by atoms with Gasteiger partial charge >= 0.3 is 5.97 Å². The molecule has 0 spiro atoms. The van der Waals surface area contributed by atoms with Crippen molar-refractivity contribution < 1.29 is 13.9 Å². The SMILES string of the molecule is Nc1c(Cl)c(Cl)nc(C(=O)OCc2nnc(-c3cccs3)o2)c1Cl. The lowest BCUT2D eigenvalue weighted by molar-refractivity contribution is 0.0432. The number of hydrogen-bond acceptors (Lipinski definition) is 8. The zero-order chi connectivity index (χ0) is 17.3. The lowest BCUT2D eigenvalue weighted by Crippen LogP contribution is -2.10. The van der Waals surface area contributed by atoms with Crippen LogP contribution in [0.1, 0.15) is 16.4 Å². The standard InChI is InChI=1S/C13H7Cl3N4O3S/c14-7-9(17)8(15)11(16)18-10(7)13(21)22-4-6-19-20-12(23-6)5-2-1-3-24-5/h1-3H,4H2,(H2,17,18). The summed E-state index contributed by atoms with van der Waals surface area (Å²) in [5.41, 5.74) is 5.35. The van der Waals surface area contributed by atoms with Crippen LogP contribution in [0.2, 0.25) is 15.2 Å². The fourth-order valence-electron chi connectivity index (χ4n) is 1.67. The van der Waals surface area contributed by atoms with Gasteiger partial charge in [-0.2, -0.15) is 0 Å². The van der Waals surface area contributed by atoms with Gasteiger partial charge < -0.3 is 14.9 Å². The Morgan fingerprint density at radius 3 is 2.79 bits per heavy atom. The van der Waals surface area contributed by atoms with E-state index < -0.39 is 5.97 Å². The molecule has 0 bridgehead atoms. The fraction of sp³-hybridized carbons (Fsp3) is 0.0769. The minimum Gasteiger partial charge on any atom is -0.451 e. The maximum atomic E-state index is 12.1. The number of carbonyl (C=O) groups is 1. The molecule has 0 saturated heterocycles. The largest absolute Gasteiger partial charge is 0.451 e. The van der Waals surface area contributed by atoms with Crippen molar-refractivity contribution in [1.29, 1.82) is 0 Å². The van der Waals surface area contributed by atoms with E-state index in [1.807, 2.05) is 17.5 Å². The Kier molecular flexibility index (Phi) is 4.91. The molecule has 0 aliphatic carbocycles. The van der Waals surface area contributed by atoms with Gasteiger partial charge in [-0.3, -0.25) is 0 Å². The van der Waals surface area contributed by atoms with Gasteiger partial charge in [-0.1, -0.05) is 40.9 Å². The topological polar surface area (TPSA) is 104 Å². The zero-order valence-electron chi connectivity index (χ0n) is 11.6. The third-order valence-corrected chi connectivity index (χ3v) is 4.78. The van der Waals surface area contributed by atoms with E-state index in [1.54, 1.807) is 0 Å². The minimum atomic E-state index is -0.846. The minimum absolute atomic E-state index is 0.0318. The summed E-state index contributed by atoms with van der Waals surface area (Å²) in [6.07, 6.45) is 0. The van der Waals surface area contributed by atoms with Crippen molar-refractivity contribution in [3.8, 4) is 10.8 Å². The van der Waals surface area contributed by atoms with Crippen molar-refractivity contribution in [2.24, 2.45) is 0 Å². The summed E-state index contributed by atoms with van der Waals surface area (Å²) in [6.45, 7) is -0.255. The van der Waals surface area contributed by atoms with Crippen LogP contribution in [0.15, 0.2) is 21.9 Å². The van der Waals surface area contributed by atoms with E-state index >= 15 is 0 Å². The van der Waals surface area contributed by atoms with E-state index in [9.17, 15) is 4.79 Å². The van der Waals surface area contributed by atoms with Crippen LogP contribution in [0.3, 0.4) is 0 Å². The van der Waals surface area contributed by atoms with Crippen molar-refractivity contribution in [3.05, 3.63) is 44.3 Å². The molecular weight excluding hydrogens is 399 g/mol. The van der Waals surface area contributed by atoms with E-state index in [-0.39, 0.29) is 39.1 Å². The molecule has 0 saturated carbocycles. The second-order valence-corrected chi connectivity index (χ2v) is 6.41. The number of anilines is 1. The molecule has 3 rings (SSSR count). The highest BCUT2D eigenvalue weighted by molar-refractivity contribution is 7.13. The normalized spacial score (nSPS) is 10.8. The molecule has 0 amide bonds. The van der Waals surface area contributed by atoms with Crippen LogP contribution < -0.4 is 5.73 Å². The Balaban J connectivity index is 1.73. The van der Waals surface area contributed by atoms with Crippen molar-refractivity contribution in [3.63, 3.8) is 0 Å². The molecule has 7 nitrogen and oxygen atoms in total. The van der Waals surface area contributed by atoms with Gasteiger partial charge in [-0.15, -0.1) is 21.5 Å². The van der Waals surface area contributed by atoms with E-state index in [1.165, 1.54) is 11.3 Å². The van der Waals surface area contributed by atoms with Crippen LogP contribution in [-0.2, 0) is 11.3 Å². The van der Waals surface area contributed by atoms with E-state index in [2.05, 4.69) is 15.2 Å². The fourth-order valence-corrected chi connectivity index (χ4v) is 2.90. The molecule has 0 aromatic carbocycles. The average Bonchev–Trinajstić information content (AvgIpc) is 3.24. The van der Waals surface area contributed by atoms with Gasteiger partial charge in [0.25, 0.3) is 11.8 Å². The van der Waals surface area contributed by atoms with Gasteiger partial charge in [0, 0.05) is 0 Å². The molecule has 0 aliphatic rings. The van der Waals surface area contributed by atoms with Crippen molar-refractivity contribution >= 4 is 57.8 Å². The van der Waals surface area contributed by atoms with Gasteiger partial charge in [0.2, 0.25) is 0 Å². The molecule has 0 fully saturated rings. The number of ether oxygens (including phenoxy) is 1. The Bertz CT molecular complexity index is 898. The second-order valence-electron chi connectivity index (χ2n) is 4.35. The first-order chi connectivity index (χ1) is 11.5. The number of hydrogen-bond donors (Lipinski definition) is 1. The molecule has 0 unspecified atom stereocenters. The lowest BCUT2D eigenvalue weighted by atomic mass is 10.3. The molecule has 124 valence electrons. The molecule has 11 heteroatoms. The first kappa shape index (κ1) is 17.0. The predicted octanol–water partition coefficient (Wildman–Crippen LogP) is 4.09. The van der Waals surface area contributed by atoms with Crippen LogP contribution >= 0.6 is 46.1 Å². The van der Waals surface area contributed by atoms with E-state index in [0.717, 1.165) is 4.88 Å². The van der Waals surface area contributed by atoms with Crippen LogP contribution in [0, 0.1) is 0 Å². The van der Waals surface area contributed by atoms with Gasteiger partial charge in [-0.05, 0) is 11.4 Å². The Labute approximate surface area is 154 Å². The number of pyridine rings is 1. The molecule has 2 N–H and O–H groups in total. The zero-order valence-corrected chi connectivity index (χ0v) is 14.7. The van der Waals surface area contributed by atoms with Gasteiger partial charge in [0.15, 0.2) is 17.5 Å². The summed E-state index contributed by atoms with van der Waals surface area (Å²) in [5.74, 6) is -0.386. The van der Waals surface area contributed by atoms with E-state index in [0.29, 0.717) is 5.89 Å². The molecule has 0 aliphatic heterocycles. The first-order valence-electron chi connectivity index (χ1n) is 6.30. The summed E-state index contributed by atoms with van der Waals surface area (Å²) >= 11 is 19.0. The number of esters is 1. The third-order valence-electron chi connectivity index (χ3n) is 2.79. The number of nitrogen functional groups attached to an aromatic ring is 1. The van der Waals surface area contributed by atoms with Gasteiger partial charge in [0.05, 0.1) is 15.6 Å².